The van der Waals surface area contributed by atoms with E-state index < -0.39 is 17.4 Å². The fourth-order valence-electron chi connectivity index (χ4n) is 3.04. The van der Waals surface area contributed by atoms with Gasteiger partial charge in [-0.3, -0.25) is 9.59 Å². The summed E-state index contributed by atoms with van der Waals surface area (Å²) in [4.78, 5) is 23.9. The number of benzene rings is 1. The molecule has 0 radical (unpaired) electrons. The third kappa shape index (κ3) is 3.38. The van der Waals surface area contributed by atoms with Crippen LogP contribution in [0.3, 0.4) is 0 Å². The monoisotopic (exact) mass is 309 g/mol. The summed E-state index contributed by atoms with van der Waals surface area (Å²) in [5.74, 6) is -1.65. The zero-order valence-corrected chi connectivity index (χ0v) is 13.0. The Balaban J connectivity index is 2.24. The Morgan fingerprint density at radius 3 is 2.76 bits per heavy atom. The van der Waals surface area contributed by atoms with Gasteiger partial charge in [0.1, 0.15) is 0 Å². The summed E-state index contributed by atoms with van der Waals surface area (Å²) in [6.45, 7) is 3.66. The quantitative estimate of drug-likeness (QED) is 0.899. The number of halogens is 1. The van der Waals surface area contributed by atoms with Gasteiger partial charge in [-0.1, -0.05) is 30.5 Å². The van der Waals surface area contributed by atoms with Crippen molar-refractivity contribution in [2.75, 3.05) is 0 Å². The largest absolute Gasteiger partial charge is 0.481 e. The van der Waals surface area contributed by atoms with E-state index in [0.29, 0.717) is 23.4 Å². The zero-order valence-electron chi connectivity index (χ0n) is 12.3. The van der Waals surface area contributed by atoms with Crippen molar-refractivity contribution in [2.24, 2.45) is 5.92 Å². The molecule has 1 aliphatic rings. The number of carbonyl (C=O) groups excluding carboxylic acids is 1. The Morgan fingerprint density at radius 2 is 2.10 bits per heavy atom. The topological polar surface area (TPSA) is 66.4 Å². The minimum absolute atomic E-state index is 0.259. The molecule has 1 fully saturated rings. The first-order chi connectivity index (χ1) is 9.83. The number of nitrogens with one attached hydrogen (secondary N) is 1. The summed E-state index contributed by atoms with van der Waals surface area (Å²) in [5.41, 5.74) is 0.609. The molecule has 1 aromatic rings. The number of carboxylic acid groups (broad SMARTS) is 1. The second kappa shape index (κ2) is 6.06. The summed E-state index contributed by atoms with van der Waals surface area (Å²) in [7, 11) is 0. The molecule has 2 N–H and O–H groups in total. The molecular formula is C16H20ClNO3. The van der Waals surface area contributed by atoms with Crippen LogP contribution >= 0.6 is 11.6 Å². The molecule has 2 atom stereocenters. The highest BCUT2D eigenvalue weighted by atomic mass is 35.5. The summed E-state index contributed by atoms with van der Waals surface area (Å²) in [6, 6.07) is 5.14. The van der Waals surface area contributed by atoms with Crippen molar-refractivity contribution in [2.45, 2.75) is 45.1 Å². The third-order valence-electron chi connectivity index (χ3n) is 4.35. The number of aliphatic carboxylic acids is 1. The smallest absolute Gasteiger partial charge is 0.308 e. The number of carbonyl (C=O) groups is 2. The third-order valence-corrected chi connectivity index (χ3v) is 4.58. The van der Waals surface area contributed by atoms with Crippen molar-refractivity contribution in [3.63, 3.8) is 0 Å². The Hall–Kier alpha value is -1.55. The van der Waals surface area contributed by atoms with Crippen molar-refractivity contribution >= 4 is 23.5 Å². The first-order valence-electron chi connectivity index (χ1n) is 7.15. The van der Waals surface area contributed by atoms with Crippen molar-refractivity contribution in [3.8, 4) is 0 Å². The van der Waals surface area contributed by atoms with Crippen LogP contribution < -0.4 is 5.32 Å². The zero-order chi connectivity index (χ0) is 15.6. The van der Waals surface area contributed by atoms with E-state index >= 15 is 0 Å². The molecule has 2 rings (SSSR count). The van der Waals surface area contributed by atoms with Gasteiger partial charge < -0.3 is 10.4 Å². The van der Waals surface area contributed by atoms with Crippen LogP contribution in [0.25, 0.3) is 0 Å². The lowest BCUT2D eigenvalue weighted by atomic mass is 9.73. The predicted molar refractivity (Wildman–Crippen MR) is 81.7 cm³/mol. The molecular weight excluding hydrogens is 290 g/mol. The lowest BCUT2D eigenvalue weighted by Crippen LogP contribution is -2.55. The van der Waals surface area contributed by atoms with Gasteiger partial charge >= 0.3 is 5.97 Å². The standard InChI is InChI=1S/C16H20ClNO3/c1-10-6-7-11(17)9-12(10)14(19)18-16(2)8-4-3-5-13(16)15(20)21/h6-7,9,13H,3-5,8H2,1-2H3,(H,18,19)(H,20,21). The molecule has 1 amide bonds. The highest BCUT2D eigenvalue weighted by Crippen LogP contribution is 2.34. The van der Waals surface area contributed by atoms with Gasteiger partial charge in [0, 0.05) is 10.6 Å². The maximum Gasteiger partial charge on any atom is 0.308 e. The average Bonchev–Trinajstić information content (AvgIpc) is 2.41. The molecule has 2 unspecified atom stereocenters. The molecule has 1 aromatic carbocycles. The van der Waals surface area contributed by atoms with Crippen LogP contribution in [0.4, 0.5) is 0 Å². The van der Waals surface area contributed by atoms with Crippen molar-refractivity contribution < 1.29 is 14.7 Å². The Labute approximate surface area is 129 Å². The van der Waals surface area contributed by atoms with Crippen LogP contribution in [-0.2, 0) is 4.79 Å². The van der Waals surface area contributed by atoms with Gasteiger partial charge in [-0.05, 0) is 44.4 Å². The molecule has 0 bridgehead atoms. The van der Waals surface area contributed by atoms with Crippen molar-refractivity contribution in [1.29, 1.82) is 0 Å². The van der Waals surface area contributed by atoms with E-state index in [2.05, 4.69) is 5.32 Å². The molecule has 4 nitrogen and oxygen atoms in total. The van der Waals surface area contributed by atoms with Crippen LogP contribution in [0, 0.1) is 12.8 Å². The number of rotatable bonds is 3. The highest BCUT2D eigenvalue weighted by molar-refractivity contribution is 6.31. The van der Waals surface area contributed by atoms with Crippen LogP contribution in [-0.4, -0.2) is 22.5 Å². The number of aryl methyl sites for hydroxylation is 1. The van der Waals surface area contributed by atoms with Gasteiger partial charge in [0.05, 0.1) is 11.5 Å². The SMILES string of the molecule is Cc1ccc(Cl)cc1C(=O)NC1(C)CCCCC1C(=O)O. The summed E-state index contributed by atoms with van der Waals surface area (Å²) >= 11 is 5.94. The van der Waals surface area contributed by atoms with Crippen LogP contribution in [0.1, 0.15) is 48.5 Å². The Bertz CT molecular complexity index is 573. The molecule has 1 aliphatic carbocycles. The second-order valence-electron chi connectivity index (χ2n) is 5.97. The molecule has 1 saturated carbocycles. The fraction of sp³-hybridized carbons (Fsp3) is 0.500. The van der Waals surface area contributed by atoms with E-state index in [1.54, 1.807) is 18.2 Å². The first-order valence-corrected chi connectivity index (χ1v) is 7.53. The van der Waals surface area contributed by atoms with Crippen molar-refractivity contribution in [1.82, 2.24) is 5.32 Å². The molecule has 0 spiro atoms. The first kappa shape index (κ1) is 15.8. The van der Waals surface area contributed by atoms with Gasteiger partial charge in [-0.2, -0.15) is 0 Å². The Kier molecular flexibility index (Phi) is 4.57. The maximum absolute atomic E-state index is 12.5. The average molecular weight is 310 g/mol. The Morgan fingerprint density at radius 1 is 1.38 bits per heavy atom. The lowest BCUT2D eigenvalue weighted by molar-refractivity contribution is -0.145. The molecule has 0 saturated heterocycles. The predicted octanol–water partition coefficient (Wildman–Crippen LogP) is 3.41. The van der Waals surface area contributed by atoms with E-state index in [1.165, 1.54) is 0 Å². The number of hydrogen-bond donors (Lipinski definition) is 2. The van der Waals surface area contributed by atoms with Crippen molar-refractivity contribution in [3.05, 3.63) is 34.3 Å². The van der Waals surface area contributed by atoms with Gasteiger partial charge in [0.15, 0.2) is 0 Å². The fourth-order valence-corrected chi connectivity index (χ4v) is 3.22. The minimum Gasteiger partial charge on any atom is -0.481 e. The van der Waals surface area contributed by atoms with Gasteiger partial charge in [-0.15, -0.1) is 0 Å². The molecule has 0 aromatic heterocycles. The van der Waals surface area contributed by atoms with Crippen LogP contribution in [0.5, 0.6) is 0 Å². The molecule has 114 valence electrons. The molecule has 5 heteroatoms. The second-order valence-corrected chi connectivity index (χ2v) is 6.40. The molecule has 0 heterocycles. The van der Waals surface area contributed by atoms with E-state index in [1.807, 2.05) is 13.8 Å². The normalized spacial score (nSPS) is 25.4. The summed E-state index contributed by atoms with van der Waals surface area (Å²) in [6.07, 6.45) is 3.09. The summed E-state index contributed by atoms with van der Waals surface area (Å²) < 4.78 is 0. The van der Waals surface area contributed by atoms with Crippen LogP contribution in [0.2, 0.25) is 5.02 Å². The highest BCUT2D eigenvalue weighted by Gasteiger charge is 2.42. The number of carboxylic acids is 1. The van der Waals surface area contributed by atoms with Gasteiger partial charge in [-0.25, -0.2) is 0 Å². The summed E-state index contributed by atoms with van der Waals surface area (Å²) in [5, 5.41) is 12.8. The molecule has 0 aliphatic heterocycles. The maximum atomic E-state index is 12.5. The number of amides is 1. The van der Waals surface area contributed by atoms with E-state index in [9.17, 15) is 14.7 Å². The van der Waals surface area contributed by atoms with E-state index in [4.69, 9.17) is 11.6 Å². The van der Waals surface area contributed by atoms with Gasteiger partial charge in [0.2, 0.25) is 0 Å². The minimum atomic E-state index is -0.847. The number of hydrogen-bond acceptors (Lipinski definition) is 2. The molecule has 21 heavy (non-hydrogen) atoms. The van der Waals surface area contributed by atoms with E-state index in [-0.39, 0.29) is 5.91 Å². The van der Waals surface area contributed by atoms with E-state index in [0.717, 1.165) is 18.4 Å². The van der Waals surface area contributed by atoms with Gasteiger partial charge in [0.25, 0.3) is 5.91 Å². The van der Waals surface area contributed by atoms with Crippen LogP contribution in [0.15, 0.2) is 18.2 Å². The lowest BCUT2D eigenvalue weighted by Gasteiger charge is -2.40.